The Morgan fingerprint density at radius 2 is 1.58 bits per heavy atom. The molecule has 2 rings (SSSR count). The molecule has 0 aromatic heterocycles. The Hall–Kier alpha value is -1.67. The number of rotatable bonds is 4. The molecule has 0 bridgehead atoms. The van der Waals surface area contributed by atoms with Crippen LogP contribution in [0.4, 0.5) is 4.39 Å². The zero-order valence-electron chi connectivity index (χ0n) is 11.5. The highest BCUT2D eigenvalue weighted by Crippen LogP contribution is 2.29. The van der Waals surface area contributed by atoms with E-state index < -0.39 is 5.67 Å². The van der Waals surface area contributed by atoms with E-state index in [0.29, 0.717) is 12.0 Å². The van der Waals surface area contributed by atoms with E-state index in [9.17, 15) is 0 Å². The van der Waals surface area contributed by atoms with E-state index in [-0.39, 0.29) is 6.54 Å². The highest BCUT2D eigenvalue weighted by molar-refractivity contribution is 5.32. The lowest BCUT2D eigenvalue weighted by Gasteiger charge is -2.24. The minimum atomic E-state index is -1.50. The van der Waals surface area contributed by atoms with Crippen LogP contribution in [0.25, 0.3) is 0 Å². The van der Waals surface area contributed by atoms with Gasteiger partial charge >= 0.3 is 0 Å². The number of alkyl halides is 1. The molecule has 0 saturated carbocycles. The van der Waals surface area contributed by atoms with Crippen LogP contribution in [-0.2, 0) is 12.1 Å². The standard InChI is InChI=1S/C17H20FN/c1-13-8-14(2)10-15(9-13)11-17(18,12-19)16-6-4-3-5-7-16/h3-10H,11-12,19H2,1-2H3. The van der Waals surface area contributed by atoms with Crippen molar-refractivity contribution in [3.8, 4) is 0 Å². The first-order valence-electron chi connectivity index (χ1n) is 6.55. The lowest BCUT2D eigenvalue weighted by molar-refractivity contribution is 0.175. The molecule has 0 aliphatic heterocycles. The van der Waals surface area contributed by atoms with Gasteiger partial charge in [-0.05, 0) is 25.0 Å². The second-order valence-corrected chi connectivity index (χ2v) is 5.21. The van der Waals surface area contributed by atoms with Gasteiger partial charge in [-0.25, -0.2) is 4.39 Å². The molecule has 19 heavy (non-hydrogen) atoms. The maximum Gasteiger partial charge on any atom is 0.152 e. The maximum atomic E-state index is 15.1. The van der Waals surface area contributed by atoms with E-state index in [1.54, 1.807) is 12.1 Å². The summed E-state index contributed by atoms with van der Waals surface area (Å²) in [5.74, 6) is 0. The summed E-state index contributed by atoms with van der Waals surface area (Å²) in [6.07, 6.45) is 0.316. The average molecular weight is 257 g/mol. The quantitative estimate of drug-likeness (QED) is 0.888. The summed E-state index contributed by atoms with van der Waals surface area (Å²) in [6, 6.07) is 15.3. The third kappa shape index (κ3) is 3.21. The van der Waals surface area contributed by atoms with Gasteiger partial charge in [-0.3, -0.25) is 0 Å². The predicted molar refractivity (Wildman–Crippen MR) is 77.9 cm³/mol. The first-order chi connectivity index (χ1) is 9.03. The smallest absolute Gasteiger partial charge is 0.152 e. The van der Waals surface area contributed by atoms with Gasteiger partial charge in [0, 0.05) is 13.0 Å². The molecule has 1 unspecified atom stereocenters. The largest absolute Gasteiger partial charge is 0.327 e. The second kappa shape index (κ2) is 5.54. The normalized spacial score (nSPS) is 14.1. The molecule has 2 heteroatoms. The molecule has 0 heterocycles. The van der Waals surface area contributed by atoms with Gasteiger partial charge in [0.05, 0.1) is 0 Å². The van der Waals surface area contributed by atoms with Crippen molar-refractivity contribution in [1.29, 1.82) is 0 Å². The Bertz CT molecular complexity index is 530. The molecule has 0 aliphatic rings. The van der Waals surface area contributed by atoms with Crippen LogP contribution in [0.2, 0.25) is 0 Å². The topological polar surface area (TPSA) is 26.0 Å². The molecule has 0 saturated heterocycles. The fraction of sp³-hybridized carbons (Fsp3) is 0.294. The van der Waals surface area contributed by atoms with Crippen LogP contribution in [0.1, 0.15) is 22.3 Å². The number of nitrogens with two attached hydrogens (primary N) is 1. The summed E-state index contributed by atoms with van der Waals surface area (Å²) in [4.78, 5) is 0. The zero-order valence-corrected chi connectivity index (χ0v) is 11.5. The fourth-order valence-electron chi connectivity index (χ4n) is 2.52. The minimum absolute atomic E-state index is 0.00992. The molecule has 100 valence electrons. The average Bonchev–Trinajstić information content (AvgIpc) is 2.38. The van der Waals surface area contributed by atoms with Gasteiger partial charge in [-0.15, -0.1) is 0 Å². The third-order valence-corrected chi connectivity index (χ3v) is 3.38. The van der Waals surface area contributed by atoms with Crippen LogP contribution in [0.15, 0.2) is 48.5 Å². The summed E-state index contributed by atoms with van der Waals surface area (Å²) in [5.41, 5.74) is 8.14. The summed E-state index contributed by atoms with van der Waals surface area (Å²) in [6.45, 7) is 4.05. The van der Waals surface area contributed by atoms with E-state index in [1.165, 1.54) is 0 Å². The van der Waals surface area contributed by atoms with Gasteiger partial charge in [0.2, 0.25) is 0 Å². The molecule has 2 N–H and O–H groups in total. The fourth-order valence-corrected chi connectivity index (χ4v) is 2.52. The number of hydrogen-bond acceptors (Lipinski definition) is 1. The lowest BCUT2D eigenvalue weighted by atomic mass is 9.88. The zero-order chi connectivity index (χ0) is 13.9. The van der Waals surface area contributed by atoms with E-state index in [0.717, 1.165) is 16.7 Å². The molecule has 0 amide bonds. The Morgan fingerprint density at radius 3 is 2.11 bits per heavy atom. The van der Waals surface area contributed by atoms with Crippen LogP contribution < -0.4 is 5.73 Å². The molecule has 1 nitrogen and oxygen atoms in total. The summed E-state index contributed by atoms with van der Waals surface area (Å²) in [7, 11) is 0. The molecule has 0 fully saturated rings. The Kier molecular flexibility index (Phi) is 4.01. The molecule has 1 atom stereocenters. The highest BCUT2D eigenvalue weighted by atomic mass is 19.1. The van der Waals surface area contributed by atoms with Gasteiger partial charge in [-0.1, -0.05) is 59.7 Å². The van der Waals surface area contributed by atoms with Crippen molar-refractivity contribution in [3.05, 3.63) is 70.8 Å². The first-order valence-corrected chi connectivity index (χ1v) is 6.55. The Labute approximate surface area is 114 Å². The lowest BCUT2D eigenvalue weighted by Crippen LogP contribution is -2.32. The number of aryl methyl sites for hydroxylation is 2. The van der Waals surface area contributed by atoms with Crippen molar-refractivity contribution in [3.63, 3.8) is 0 Å². The third-order valence-electron chi connectivity index (χ3n) is 3.38. The highest BCUT2D eigenvalue weighted by Gasteiger charge is 2.30. The summed E-state index contributed by atoms with van der Waals surface area (Å²) < 4.78 is 15.1. The van der Waals surface area contributed by atoms with Crippen LogP contribution in [0.3, 0.4) is 0 Å². The van der Waals surface area contributed by atoms with Crippen LogP contribution >= 0.6 is 0 Å². The minimum Gasteiger partial charge on any atom is -0.327 e. The molecular weight excluding hydrogens is 237 g/mol. The van der Waals surface area contributed by atoms with Gasteiger partial charge in [0.1, 0.15) is 0 Å². The molecular formula is C17H20FN. The van der Waals surface area contributed by atoms with E-state index in [1.807, 2.05) is 44.2 Å². The van der Waals surface area contributed by atoms with Gasteiger partial charge in [-0.2, -0.15) is 0 Å². The number of benzene rings is 2. The molecule has 0 spiro atoms. The van der Waals surface area contributed by atoms with Crippen molar-refractivity contribution in [2.24, 2.45) is 5.73 Å². The van der Waals surface area contributed by atoms with Crippen molar-refractivity contribution in [2.75, 3.05) is 6.54 Å². The first kappa shape index (κ1) is 13.8. The van der Waals surface area contributed by atoms with E-state index in [2.05, 4.69) is 6.07 Å². The molecule has 2 aromatic rings. The number of hydrogen-bond donors (Lipinski definition) is 1. The Balaban J connectivity index is 2.33. The van der Waals surface area contributed by atoms with E-state index >= 15 is 4.39 Å². The van der Waals surface area contributed by atoms with Crippen molar-refractivity contribution < 1.29 is 4.39 Å². The summed E-state index contributed by atoms with van der Waals surface area (Å²) >= 11 is 0. The van der Waals surface area contributed by atoms with E-state index in [4.69, 9.17) is 5.73 Å². The van der Waals surface area contributed by atoms with Crippen LogP contribution in [0, 0.1) is 13.8 Å². The second-order valence-electron chi connectivity index (χ2n) is 5.21. The van der Waals surface area contributed by atoms with Gasteiger partial charge in [0.15, 0.2) is 5.67 Å². The monoisotopic (exact) mass is 257 g/mol. The van der Waals surface area contributed by atoms with Gasteiger partial charge < -0.3 is 5.73 Å². The predicted octanol–water partition coefficient (Wildman–Crippen LogP) is 3.67. The maximum absolute atomic E-state index is 15.1. The van der Waals surface area contributed by atoms with Crippen LogP contribution in [-0.4, -0.2) is 6.54 Å². The van der Waals surface area contributed by atoms with Gasteiger partial charge in [0.25, 0.3) is 0 Å². The summed E-state index contributed by atoms with van der Waals surface area (Å²) in [5, 5.41) is 0. The molecule has 0 aliphatic carbocycles. The SMILES string of the molecule is Cc1cc(C)cc(CC(F)(CN)c2ccccc2)c1. The van der Waals surface area contributed by atoms with Crippen molar-refractivity contribution in [1.82, 2.24) is 0 Å². The molecule has 2 aromatic carbocycles. The van der Waals surface area contributed by atoms with Crippen molar-refractivity contribution in [2.45, 2.75) is 25.9 Å². The molecule has 0 radical (unpaired) electrons. The Morgan fingerprint density at radius 1 is 1.00 bits per heavy atom. The van der Waals surface area contributed by atoms with Crippen molar-refractivity contribution >= 4 is 0 Å². The number of halogens is 1. The van der Waals surface area contributed by atoms with Crippen LogP contribution in [0.5, 0.6) is 0 Å².